The maximum absolute atomic E-state index is 12.1. The topological polar surface area (TPSA) is 138 Å². The molecular formula is C38H38ClN5O5S2. The van der Waals surface area contributed by atoms with Crippen LogP contribution < -0.4 is 9.64 Å². The Labute approximate surface area is 311 Å². The Morgan fingerprint density at radius 3 is 2.25 bits per heavy atom. The van der Waals surface area contributed by atoms with Crippen molar-refractivity contribution in [3.8, 4) is 39.6 Å². The number of pyridine rings is 1. The zero-order valence-electron chi connectivity index (χ0n) is 28.7. The Bertz CT molecular complexity index is 1920. The molecule has 0 atom stereocenters. The molecule has 2 aromatic carbocycles. The number of nitriles is 2. The lowest BCUT2D eigenvalue weighted by Gasteiger charge is -2.22. The molecule has 3 heterocycles. The third-order valence-corrected chi connectivity index (χ3v) is 9.91. The van der Waals surface area contributed by atoms with Crippen LogP contribution in [0.15, 0.2) is 58.9 Å². The van der Waals surface area contributed by atoms with Gasteiger partial charge in [-0.25, -0.2) is 9.97 Å². The van der Waals surface area contributed by atoms with Gasteiger partial charge in [0.15, 0.2) is 0 Å². The van der Waals surface area contributed by atoms with Crippen LogP contribution in [-0.4, -0.2) is 53.8 Å². The monoisotopic (exact) mass is 743 g/mol. The van der Waals surface area contributed by atoms with Gasteiger partial charge in [-0.1, -0.05) is 47.6 Å². The molecule has 2 aromatic heterocycles. The van der Waals surface area contributed by atoms with Crippen LogP contribution in [0.5, 0.6) is 5.75 Å². The second kappa shape index (κ2) is 17.5. The van der Waals surface area contributed by atoms with Gasteiger partial charge in [0.1, 0.15) is 58.1 Å². The first kappa shape index (κ1) is 37.6. The minimum Gasteiger partial charge on any atom is -0.490 e. The number of carbonyl (C=O) groups excluding carboxylic acids is 2. The van der Waals surface area contributed by atoms with Crippen molar-refractivity contribution in [2.75, 3.05) is 31.2 Å². The molecule has 0 spiro atoms. The first-order valence-electron chi connectivity index (χ1n) is 16.6. The number of thioether (sulfide) groups is 1. The number of anilines is 1. The average Bonchev–Trinajstić information content (AvgIpc) is 3.82. The van der Waals surface area contributed by atoms with E-state index >= 15 is 0 Å². The highest BCUT2D eigenvalue weighted by Crippen LogP contribution is 2.40. The Kier molecular flexibility index (Phi) is 12.9. The summed E-state index contributed by atoms with van der Waals surface area (Å²) in [4.78, 5) is 35.7. The number of ether oxygens (including phenoxy) is 3. The fraction of sp³-hybridized carbons (Fsp3) is 0.368. The molecule has 1 fully saturated rings. The molecule has 264 valence electrons. The molecule has 4 aromatic rings. The van der Waals surface area contributed by atoms with Crippen LogP contribution in [0.2, 0.25) is 5.02 Å². The number of halogens is 1. The number of esters is 2. The van der Waals surface area contributed by atoms with Gasteiger partial charge in [-0.3, -0.25) is 9.59 Å². The molecule has 0 unspecified atom stereocenters. The molecule has 0 saturated carbocycles. The lowest BCUT2D eigenvalue weighted by Crippen LogP contribution is -2.23. The number of hydrogen-bond donors (Lipinski definition) is 0. The number of thiazole rings is 1. The predicted octanol–water partition coefficient (Wildman–Crippen LogP) is 8.60. The SMILES string of the molecule is CC(C)(C)OC(=O)CCCC(=O)OCCOc1ccc(-c2c(C#N)c(SCc3csc(-c4ccc(Cl)cc4)n3)nc(N3CCCC3)c2C#N)cc1. The Morgan fingerprint density at radius 2 is 1.59 bits per heavy atom. The van der Waals surface area contributed by atoms with Crippen LogP contribution in [0.25, 0.3) is 21.7 Å². The number of rotatable bonds is 14. The first-order chi connectivity index (χ1) is 24.5. The summed E-state index contributed by atoms with van der Waals surface area (Å²) >= 11 is 9.02. The van der Waals surface area contributed by atoms with Crippen LogP contribution in [0.3, 0.4) is 0 Å². The molecule has 0 amide bonds. The van der Waals surface area contributed by atoms with E-state index in [2.05, 4.69) is 17.0 Å². The first-order valence-corrected chi connectivity index (χ1v) is 18.9. The molecule has 1 aliphatic heterocycles. The van der Waals surface area contributed by atoms with Gasteiger partial charge >= 0.3 is 11.9 Å². The lowest BCUT2D eigenvalue weighted by molar-refractivity contribution is -0.155. The van der Waals surface area contributed by atoms with E-state index in [1.165, 1.54) is 11.8 Å². The summed E-state index contributed by atoms with van der Waals surface area (Å²) in [6, 6.07) is 19.4. The third-order valence-electron chi connectivity index (χ3n) is 7.71. The largest absolute Gasteiger partial charge is 0.490 e. The Hall–Kier alpha value is -4.62. The maximum Gasteiger partial charge on any atom is 0.306 e. The second-order valence-corrected chi connectivity index (χ2v) is 15.0. The smallest absolute Gasteiger partial charge is 0.306 e. The second-order valence-electron chi connectivity index (χ2n) is 12.8. The van der Waals surface area contributed by atoms with Gasteiger partial charge in [-0.05, 0) is 69.9 Å². The maximum atomic E-state index is 12.1. The van der Waals surface area contributed by atoms with Crippen molar-refractivity contribution in [1.82, 2.24) is 9.97 Å². The van der Waals surface area contributed by atoms with Crippen molar-refractivity contribution >= 4 is 52.5 Å². The summed E-state index contributed by atoms with van der Waals surface area (Å²) < 4.78 is 16.3. The molecule has 0 bridgehead atoms. The number of nitrogens with zero attached hydrogens (tertiary/aromatic N) is 5. The van der Waals surface area contributed by atoms with Crippen LogP contribution in [0.4, 0.5) is 5.82 Å². The third kappa shape index (κ3) is 10.5. The van der Waals surface area contributed by atoms with Gasteiger partial charge in [-0.2, -0.15) is 10.5 Å². The van der Waals surface area contributed by atoms with Gasteiger partial charge in [0.05, 0.1) is 11.3 Å². The normalized spacial score (nSPS) is 12.6. The number of carbonyl (C=O) groups is 2. The molecule has 10 nitrogen and oxygen atoms in total. The summed E-state index contributed by atoms with van der Waals surface area (Å²) in [5.41, 5.74) is 3.20. The van der Waals surface area contributed by atoms with Crippen LogP contribution in [0, 0.1) is 22.7 Å². The highest BCUT2D eigenvalue weighted by atomic mass is 35.5. The Balaban J connectivity index is 1.26. The van der Waals surface area contributed by atoms with Gasteiger partial charge in [0.2, 0.25) is 0 Å². The van der Waals surface area contributed by atoms with Crippen LogP contribution >= 0.6 is 34.7 Å². The summed E-state index contributed by atoms with van der Waals surface area (Å²) in [5.74, 6) is 0.861. The molecule has 51 heavy (non-hydrogen) atoms. The van der Waals surface area contributed by atoms with E-state index in [9.17, 15) is 20.1 Å². The summed E-state index contributed by atoms with van der Waals surface area (Å²) in [5, 5.41) is 24.9. The molecule has 0 N–H and O–H groups in total. The molecule has 1 aliphatic rings. The highest BCUT2D eigenvalue weighted by molar-refractivity contribution is 7.98. The molecule has 0 aliphatic carbocycles. The lowest BCUT2D eigenvalue weighted by atomic mass is 9.96. The van der Waals surface area contributed by atoms with E-state index in [0.29, 0.717) is 56.0 Å². The van der Waals surface area contributed by atoms with Crippen LogP contribution in [0.1, 0.15) is 69.7 Å². The van der Waals surface area contributed by atoms with E-state index < -0.39 is 11.6 Å². The zero-order valence-corrected chi connectivity index (χ0v) is 31.1. The minimum atomic E-state index is -0.562. The quantitative estimate of drug-likeness (QED) is 0.0697. The van der Waals surface area contributed by atoms with Gasteiger partial charge in [0, 0.05) is 53.2 Å². The van der Waals surface area contributed by atoms with E-state index in [4.69, 9.17) is 35.8 Å². The predicted molar refractivity (Wildman–Crippen MR) is 199 cm³/mol. The van der Waals surface area contributed by atoms with E-state index in [-0.39, 0.29) is 32.0 Å². The van der Waals surface area contributed by atoms with E-state index in [1.54, 1.807) is 44.2 Å². The van der Waals surface area contributed by atoms with Gasteiger partial charge in [0.25, 0.3) is 0 Å². The van der Waals surface area contributed by atoms with Crippen molar-refractivity contribution in [3.63, 3.8) is 0 Å². The molecule has 0 radical (unpaired) electrons. The minimum absolute atomic E-state index is 0.0501. The average molecular weight is 744 g/mol. The van der Waals surface area contributed by atoms with E-state index in [0.717, 1.165) is 42.2 Å². The van der Waals surface area contributed by atoms with Crippen molar-refractivity contribution in [2.24, 2.45) is 0 Å². The van der Waals surface area contributed by atoms with Crippen molar-refractivity contribution in [2.45, 2.75) is 69.3 Å². The Morgan fingerprint density at radius 1 is 0.922 bits per heavy atom. The van der Waals surface area contributed by atoms with E-state index in [1.807, 2.05) is 41.8 Å². The van der Waals surface area contributed by atoms with Gasteiger partial charge < -0.3 is 19.1 Å². The van der Waals surface area contributed by atoms with Crippen molar-refractivity contribution in [1.29, 1.82) is 10.5 Å². The number of benzene rings is 2. The van der Waals surface area contributed by atoms with Gasteiger partial charge in [-0.15, -0.1) is 11.3 Å². The van der Waals surface area contributed by atoms with Crippen LogP contribution in [-0.2, 0) is 24.8 Å². The summed E-state index contributed by atoms with van der Waals surface area (Å²) in [7, 11) is 0. The summed E-state index contributed by atoms with van der Waals surface area (Å²) in [6.07, 6.45) is 2.60. The molecule has 13 heteroatoms. The fourth-order valence-corrected chi connectivity index (χ4v) is 7.36. The zero-order chi connectivity index (χ0) is 36.4. The fourth-order valence-electron chi connectivity index (χ4n) is 5.43. The van der Waals surface area contributed by atoms with Crippen molar-refractivity contribution in [3.05, 3.63) is 75.8 Å². The molecule has 5 rings (SSSR count). The summed E-state index contributed by atoms with van der Waals surface area (Å²) in [6.45, 7) is 7.15. The molecular weight excluding hydrogens is 706 g/mol. The highest BCUT2D eigenvalue weighted by Gasteiger charge is 2.26. The van der Waals surface area contributed by atoms with Crippen molar-refractivity contribution < 1.29 is 23.8 Å². The standard InChI is InChI=1S/C38H38ClN5O5S2/c1-38(2,3)49-33(46)8-6-7-32(45)48-20-19-47-29-15-11-25(12-16-29)34-30(21-40)35(44-17-4-5-18-44)43-37(31(34)22-41)51-24-28-23-50-36(42-28)26-9-13-27(39)14-10-26/h9-16,23H,4-8,17-20,24H2,1-3H3. The number of hydrogen-bond acceptors (Lipinski definition) is 12. The molecule has 1 saturated heterocycles. The number of aromatic nitrogens is 2.